The number of hydrogen-bond acceptors (Lipinski definition) is 9. The van der Waals surface area contributed by atoms with Crippen LogP contribution in [0.4, 0.5) is 0 Å². The Kier molecular flexibility index (Phi) is 40.7. The molecule has 0 saturated heterocycles. The predicted molar refractivity (Wildman–Crippen MR) is 30.2 cm³/mol. The Hall–Kier alpha value is 2.83. The first-order valence-electron chi connectivity index (χ1n) is 2.87. The first kappa shape index (κ1) is 36.8. The van der Waals surface area contributed by atoms with E-state index < -0.39 is 40.1 Å². The van der Waals surface area contributed by atoms with E-state index in [1.807, 2.05) is 0 Å². The van der Waals surface area contributed by atoms with E-state index in [9.17, 15) is 0 Å². The number of aliphatic hydroxyl groups excluding tert-OH is 1. The van der Waals surface area contributed by atoms with Crippen LogP contribution < -0.4 is 20.3 Å². The Balaban J connectivity index is -0.0000000247. The van der Waals surface area contributed by atoms with Gasteiger partial charge in [0.05, 0.1) is 0 Å². The summed E-state index contributed by atoms with van der Waals surface area (Å²) in [4.78, 5) is 0. The zero-order chi connectivity index (χ0) is 12.6. The van der Waals surface area contributed by atoms with E-state index in [1.165, 1.54) is 0 Å². The van der Waals surface area contributed by atoms with E-state index in [0.29, 0.717) is 0 Å². The minimum atomic E-state index is -6.10. The van der Waals surface area contributed by atoms with Crippen molar-refractivity contribution in [3.63, 3.8) is 0 Å². The van der Waals surface area contributed by atoms with Crippen molar-refractivity contribution in [3.05, 3.63) is 0 Å². The molecule has 0 radical (unpaired) electrons. The van der Waals surface area contributed by atoms with Crippen molar-refractivity contribution in [2.75, 3.05) is 0 Å². The van der Waals surface area contributed by atoms with Crippen LogP contribution in [0.1, 0.15) is 13.8 Å². The quantitative estimate of drug-likeness (QED) is 0.254. The maximum Gasteiger partial charge on any atom is 2.00 e. The second-order valence-corrected chi connectivity index (χ2v) is 7.09. The van der Waals surface area contributed by atoms with Crippen molar-refractivity contribution < 1.29 is 89.9 Å². The summed E-state index contributed by atoms with van der Waals surface area (Å²) in [5.74, 6) is 0. The molecule has 0 aromatic carbocycles. The monoisotopic (exact) mass is 622 g/mol. The molecule has 0 saturated carbocycles. The van der Waals surface area contributed by atoms with Gasteiger partial charge in [0.25, 0.3) is 0 Å². The third-order valence-electron chi connectivity index (χ3n) is 0. The van der Waals surface area contributed by atoms with Crippen molar-refractivity contribution in [1.29, 1.82) is 0 Å². The molecule has 0 unspecified atom stereocenters. The Morgan fingerprint density at radius 3 is 0.765 bits per heavy atom. The van der Waals surface area contributed by atoms with E-state index in [4.69, 9.17) is 31.5 Å². The molecule has 0 aliphatic rings. The summed E-state index contributed by atoms with van der Waals surface area (Å²) >= 11 is -12.2. The largest absolute Gasteiger partial charge is 2.00 e. The van der Waals surface area contributed by atoms with Gasteiger partial charge in [-0.1, -0.05) is 0 Å². The van der Waals surface area contributed by atoms with E-state index in [2.05, 4.69) is 0 Å². The van der Waals surface area contributed by atoms with Crippen LogP contribution >= 0.6 is 0 Å². The van der Waals surface area contributed by atoms with Gasteiger partial charge in [0, 0.05) is 6.10 Å². The van der Waals surface area contributed by atoms with Crippen LogP contribution in [-0.2, 0) is 64.5 Å². The zero-order valence-electron chi connectivity index (χ0n) is 9.31. The molecule has 0 rings (SSSR count). The number of aliphatic hydroxyl groups is 1. The summed E-state index contributed by atoms with van der Waals surface area (Å²) in [5.41, 5.74) is 0. The normalized spacial score (nSPS) is 9.06. The maximum atomic E-state index is 8.64. The van der Waals surface area contributed by atoms with Crippen molar-refractivity contribution in [3.8, 4) is 0 Å². The van der Waals surface area contributed by atoms with Gasteiger partial charge in [-0.25, -0.2) is 0 Å². The van der Waals surface area contributed by atoms with Crippen molar-refractivity contribution in [2.24, 2.45) is 0 Å². The molecule has 0 spiro atoms. The molecule has 14 heteroatoms. The van der Waals surface area contributed by atoms with Crippen LogP contribution in [0.3, 0.4) is 0 Å². The van der Waals surface area contributed by atoms with Crippen molar-refractivity contribution >= 4 is 40.1 Å². The molecule has 0 bridgehead atoms. The van der Waals surface area contributed by atoms with Gasteiger partial charge >= 0.3 is 125 Å². The van der Waals surface area contributed by atoms with Gasteiger partial charge in [-0.2, -0.15) is 0 Å². The summed E-state index contributed by atoms with van der Waals surface area (Å²) in [7, 11) is 0. The average molecular weight is 628 g/mol. The van der Waals surface area contributed by atoms with Gasteiger partial charge in [-0.05, 0) is 13.8 Å². The molecule has 0 aromatic rings. The van der Waals surface area contributed by atoms with E-state index in [1.54, 1.807) is 13.8 Å². The average Bonchev–Trinajstić information content (AvgIpc) is 1.45. The summed E-state index contributed by atoms with van der Waals surface area (Å²) in [6, 6.07) is 0. The molecule has 0 aliphatic carbocycles. The molecular weight excluding hydrogens is 620 g/mol. The van der Waals surface area contributed by atoms with Crippen LogP contribution in [0.25, 0.3) is 0 Å². The van der Waals surface area contributed by atoms with E-state index in [-0.39, 0.29) is 64.5 Å². The van der Waals surface area contributed by atoms with Gasteiger partial charge in [-0.15, -0.1) is 0 Å². The van der Waals surface area contributed by atoms with Crippen molar-refractivity contribution in [2.45, 2.75) is 20.0 Å². The van der Waals surface area contributed by atoms with Crippen LogP contribution in [0.15, 0.2) is 0 Å². The molecule has 0 fully saturated rings. The molecule has 1 N–H and O–H groups in total. The van der Waals surface area contributed by atoms with Crippen LogP contribution in [0.5, 0.6) is 0 Å². The van der Waals surface area contributed by atoms with Gasteiger partial charge in [0.1, 0.15) is 0 Å². The summed E-state index contributed by atoms with van der Waals surface area (Å²) in [5, 5.41) is 8.06. The van der Waals surface area contributed by atoms with Crippen LogP contribution in [0.2, 0.25) is 0 Å². The summed E-state index contributed by atoms with van der Waals surface area (Å²) in [6.07, 6.45) is -0.167. The number of rotatable bonds is 0. The van der Waals surface area contributed by atoms with Gasteiger partial charge in [-0.3, -0.25) is 0 Å². The van der Waals surface area contributed by atoms with Gasteiger partial charge < -0.3 is 5.11 Å². The topological polar surface area (TPSA) is 193 Å². The fraction of sp³-hybridized carbons (Fsp3) is 1.00. The Morgan fingerprint density at radius 2 is 0.765 bits per heavy atom. The minimum absolute atomic E-state index is 0. The van der Waals surface area contributed by atoms with Crippen LogP contribution in [0, 0.1) is 0 Å². The summed E-state index contributed by atoms with van der Waals surface area (Å²) in [6.45, 7) is 3.44. The molecule has 0 aromatic heterocycles. The van der Waals surface area contributed by atoms with Gasteiger partial charge in [0.15, 0.2) is 0 Å². The second-order valence-electron chi connectivity index (χ2n) is 1.99. The SMILES string of the molecule is CC(C)O.[O]=[Sb]([O-])([O-])[O-].[O]=[Sb]([O-])([O-])[O-].[Zn+2].[Zn+2].[Zn+2]. The molecular formula is C3H8O9Sb2Zn3. The molecule has 0 atom stereocenters. The molecule has 0 amide bonds. The van der Waals surface area contributed by atoms with Crippen LogP contribution in [-0.4, -0.2) is 51.3 Å². The smallest absolute Gasteiger partial charge is 2.00 e. The number of hydrogen-bond donors (Lipinski definition) is 1. The maximum absolute atomic E-state index is 8.64. The molecule has 9 nitrogen and oxygen atoms in total. The first-order valence-corrected chi connectivity index (χ1v) is 11.2. The molecule has 90 valence electrons. The summed E-state index contributed by atoms with van der Waals surface area (Å²) < 4.78 is 69.1. The van der Waals surface area contributed by atoms with Crippen molar-refractivity contribution in [1.82, 2.24) is 0 Å². The molecule has 17 heavy (non-hydrogen) atoms. The third kappa shape index (κ3) is 667. The molecule has 0 heterocycles. The molecule has 0 aliphatic heterocycles. The third-order valence-corrected chi connectivity index (χ3v) is 0. The fourth-order valence-corrected chi connectivity index (χ4v) is 0. The van der Waals surface area contributed by atoms with E-state index in [0.717, 1.165) is 0 Å². The standard InChI is InChI=1S/C3H8O.8O.2Sb.3Zn/c1-3(2)4;;;;;;;;;;;;;/h3-4H,1-2H3;;;;;;;;;;;;;/q;;;6*-1;;;3*+2. The Morgan fingerprint density at radius 1 is 0.765 bits per heavy atom. The predicted octanol–water partition coefficient (Wildman–Crippen LogP) is -7.75. The fourth-order valence-electron chi connectivity index (χ4n) is 0. The van der Waals surface area contributed by atoms with Gasteiger partial charge in [0.2, 0.25) is 0 Å². The minimum Gasteiger partial charge on any atom is 2.00 e. The second kappa shape index (κ2) is 18.8. The Bertz CT molecular complexity index is 172. The first-order chi connectivity index (χ1) is 5.73. The Labute approximate surface area is 148 Å². The van der Waals surface area contributed by atoms with E-state index >= 15 is 0 Å². The zero-order valence-corrected chi connectivity index (χ0v) is 23.3.